The van der Waals surface area contributed by atoms with Crippen LogP contribution in [0.25, 0.3) is 0 Å². The van der Waals surface area contributed by atoms with Crippen molar-refractivity contribution in [2.24, 2.45) is 5.14 Å². The summed E-state index contributed by atoms with van der Waals surface area (Å²) in [6.07, 6.45) is 2.45. The van der Waals surface area contributed by atoms with Crippen LogP contribution in [0.15, 0.2) is 29.2 Å². The molecule has 1 aromatic carbocycles. The summed E-state index contributed by atoms with van der Waals surface area (Å²) in [6, 6.07) is 6.11. The van der Waals surface area contributed by atoms with Gasteiger partial charge in [-0.2, -0.15) is 0 Å². The molecular formula is C13H20N4O3S. The molecule has 1 aliphatic carbocycles. The lowest BCUT2D eigenvalue weighted by molar-refractivity contribution is 0.249. The largest absolute Gasteiger partial charge is 0.337 e. The van der Waals surface area contributed by atoms with Gasteiger partial charge in [0.25, 0.3) is 0 Å². The second-order valence-corrected chi connectivity index (χ2v) is 6.73. The molecule has 1 aliphatic rings. The molecule has 0 heterocycles. The molecule has 21 heavy (non-hydrogen) atoms. The van der Waals surface area contributed by atoms with E-state index in [0.29, 0.717) is 18.3 Å². The smallest absolute Gasteiger partial charge is 0.319 e. The van der Waals surface area contributed by atoms with Crippen molar-refractivity contribution < 1.29 is 13.2 Å². The van der Waals surface area contributed by atoms with Gasteiger partial charge in [0, 0.05) is 24.8 Å². The number of anilines is 1. The van der Waals surface area contributed by atoms with Crippen LogP contribution in [0.2, 0.25) is 0 Å². The Morgan fingerprint density at radius 2 is 2.14 bits per heavy atom. The van der Waals surface area contributed by atoms with Crippen molar-refractivity contribution in [2.45, 2.75) is 23.8 Å². The molecule has 1 aromatic rings. The summed E-state index contributed by atoms with van der Waals surface area (Å²) >= 11 is 0. The molecule has 8 heteroatoms. The Morgan fingerprint density at radius 1 is 1.43 bits per heavy atom. The molecule has 0 spiro atoms. The number of likely N-dealkylation sites (N-methyl/N-ethyl adjacent to an activating group) is 1. The van der Waals surface area contributed by atoms with Crippen molar-refractivity contribution in [1.82, 2.24) is 10.2 Å². The second-order valence-electron chi connectivity index (χ2n) is 5.17. The highest BCUT2D eigenvalue weighted by molar-refractivity contribution is 7.89. The predicted octanol–water partition coefficient (Wildman–Crippen LogP) is 0.550. The lowest BCUT2D eigenvalue weighted by Crippen LogP contribution is -2.36. The molecule has 0 unspecified atom stereocenters. The summed E-state index contributed by atoms with van der Waals surface area (Å²) in [5, 5.41) is 10.4. The fourth-order valence-electron chi connectivity index (χ4n) is 1.97. The maximum atomic E-state index is 11.7. The van der Waals surface area contributed by atoms with Gasteiger partial charge >= 0.3 is 6.03 Å². The van der Waals surface area contributed by atoms with Gasteiger partial charge in [-0.25, -0.2) is 18.4 Å². The minimum Gasteiger partial charge on any atom is -0.337 e. The van der Waals surface area contributed by atoms with E-state index in [-0.39, 0.29) is 10.9 Å². The first-order chi connectivity index (χ1) is 9.86. The van der Waals surface area contributed by atoms with Crippen LogP contribution in [0.3, 0.4) is 0 Å². The van der Waals surface area contributed by atoms with Crippen LogP contribution in [-0.2, 0) is 10.0 Å². The van der Waals surface area contributed by atoms with E-state index in [4.69, 9.17) is 5.14 Å². The number of carbonyl (C=O) groups is 1. The zero-order valence-electron chi connectivity index (χ0n) is 11.9. The number of rotatable bonds is 6. The van der Waals surface area contributed by atoms with E-state index in [1.807, 2.05) is 7.05 Å². The molecule has 0 bridgehead atoms. The number of sulfonamides is 1. The first-order valence-corrected chi connectivity index (χ1v) is 8.29. The van der Waals surface area contributed by atoms with Gasteiger partial charge in [0.2, 0.25) is 10.0 Å². The number of nitrogens with one attached hydrogen (secondary N) is 2. The summed E-state index contributed by atoms with van der Waals surface area (Å²) in [6.45, 7) is 1.32. The SMILES string of the molecule is CN(CCNC(=O)Nc1cccc(S(N)(=O)=O)c1)C1CC1. The van der Waals surface area contributed by atoms with Gasteiger partial charge in [-0.05, 0) is 38.1 Å². The molecule has 2 amide bonds. The highest BCUT2D eigenvalue weighted by Gasteiger charge is 2.25. The molecule has 116 valence electrons. The van der Waals surface area contributed by atoms with Gasteiger partial charge in [0.05, 0.1) is 4.90 Å². The van der Waals surface area contributed by atoms with Crippen LogP contribution >= 0.6 is 0 Å². The Morgan fingerprint density at radius 3 is 2.76 bits per heavy atom. The van der Waals surface area contributed by atoms with E-state index >= 15 is 0 Å². The van der Waals surface area contributed by atoms with E-state index in [0.717, 1.165) is 6.54 Å². The van der Waals surface area contributed by atoms with Gasteiger partial charge in [-0.1, -0.05) is 6.07 Å². The number of hydrogen-bond donors (Lipinski definition) is 3. The zero-order valence-corrected chi connectivity index (χ0v) is 12.7. The average Bonchev–Trinajstić information content (AvgIpc) is 3.22. The molecular weight excluding hydrogens is 292 g/mol. The van der Waals surface area contributed by atoms with Gasteiger partial charge in [-0.3, -0.25) is 0 Å². The Kier molecular flexibility index (Phi) is 4.81. The number of benzene rings is 1. The van der Waals surface area contributed by atoms with Crippen LogP contribution < -0.4 is 15.8 Å². The standard InChI is InChI=1S/C13H20N4O3S/c1-17(11-5-6-11)8-7-15-13(18)16-10-3-2-4-12(9-10)21(14,19)20/h2-4,9,11H,5-8H2,1H3,(H2,14,19,20)(H2,15,16,18). The normalized spacial score (nSPS) is 15.0. The summed E-state index contributed by atoms with van der Waals surface area (Å²) in [7, 11) is -1.74. The van der Waals surface area contributed by atoms with Crippen molar-refractivity contribution in [2.75, 3.05) is 25.5 Å². The molecule has 4 N–H and O–H groups in total. The monoisotopic (exact) mass is 312 g/mol. The van der Waals surface area contributed by atoms with E-state index in [1.54, 1.807) is 6.07 Å². The maximum absolute atomic E-state index is 11.7. The first-order valence-electron chi connectivity index (χ1n) is 6.74. The predicted molar refractivity (Wildman–Crippen MR) is 80.5 cm³/mol. The van der Waals surface area contributed by atoms with E-state index in [2.05, 4.69) is 15.5 Å². The number of primary sulfonamides is 1. The quantitative estimate of drug-likeness (QED) is 0.713. The van der Waals surface area contributed by atoms with Crippen LogP contribution in [0, 0.1) is 0 Å². The van der Waals surface area contributed by atoms with Gasteiger partial charge in [0.1, 0.15) is 0 Å². The number of urea groups is 1. The van der Waals surface area contributed by atoms with Crippen LogP contribution in [0.1, 0.15) is 12.8 Å². The number of carbonyl (C=O) groups excluding carboxylic acids is 1. The Balaban J connectivity index is 1.82. The minimum atomic E-state index is -3.77. The molecule has 0 atom stereocenters. The van der Waals surface area contributed by atoms with E-state index < -0.39 is 10.0 Å². The lowest BCUT2D eigenvalue weighted by atomic mass is 10.3. The lowest BCUT2D eigenvalue weighted by Gasteiger charge is -2.16. The highest BCUT2D eigenvalue weighted by atomic mass is 32.2. The van der Waals surface area contributed by atoms with Crippen molar-refractivity contribution in [3.05, 3.63) is 24.3 Å². The summed E-state index contributed by atoms with van der Waals surface area (Å²) in [5.41, 5.74) is 0.384. The van der Waals surface area contributed by atoms with Gasteiger partial charge in [-0.15, -0.1) is 0 Å². The van der Waals surface area contributed by atoms with Gasteiger partial charge < -0.3 is 15.5 Å². The topological polar surface area (TPSA) is 105 Å². The third kappa shape index (κ3) is 5.00. The Bertz CT molecular complexity index is 614. The van der Waals surface area contributed by atoms with Crippen molar-refractivity contribution in [3.63, 3.8) is 0 Å². The molecule has 0 saturated heterocycles. The van der Waals surface area contributed by atoms with Crippen molar-refractivity contribution in [3.8, 4) is 0 Å². The number of amides is 2. The molecule has 0 aromatic heterocycles. The fourth-order valence-corrected chi connectivity index (χ4v) is 2.53. The number of nitrogens with two attached hydrogens (primary N) is 1. The van der Waals surface area contributed by atoms with E-state index in [9.17, 15) is 13.2 Å². The van der Waals surface area contributed by atoms with Crippen molar-refractivity contribution in [1.29, 1.82) is 0 Å². The second kappa shape index (κ2) is 6.42. The van der Waals surface area contributed by atoms with Crippen molar-refractivity contribution >= 4 is 21.7 Å². The third-order valence-electron chi connectivity index (χ3n) is 3.34. The Hall–Kier alpha value is -1.64. The maximum Gasteiger partial charge on any atom is 0.319 e. The van der Waals surface area contributed by atoms with Gasteiger partial charge in [0.15, 0.2) is 0 Å². The summed E-state index contributed by atoms with van der Waals surface area (Å²) in [4.78, 5) is 13.9. The number of nitrogens with zero attached hydrogens (tertiary/aromatic N) is 1. The minimum absolute atomic E-state index is 0.0335. The molecule has 1 fully saturated rings. The van der Waals surface area contributed by atoms with Crippen LogP contribution in [0.5, 0.6) is 0 Å². The van der Waals surface area contributed by atoms with Crippen LogP contribution in [0.4, 0.5) is 10.5 Å². The molecule has 0 radical (unpaired) electrons. The fraction of sp³-hybridized carbons (Fsp3) is 0.462. The van der Waals surface area contributed by atoms with E-state index in [1.165, 1.54) is 31.0 Å². The molecule has 0 aliphatic heterocycles. The first kappa shape index (κ1) is 15.7. The third-order valence-corrected chi connectivity index (χ3v) is 4.25. The highest BCUT2D eigenvalue weighted by Crippen LogP contribution is 2.24. The molecule has 2 rings (SSSR count). The summed E-state index contributed by atoms with van der Waals surface area (Å²) < 4.78 is 22.5. The molecule has 7 nitrogen and oxygen atoms in total. The Labute approximate surface area is 124 Å². The number of hydrogen-bond acceptors (Lipinski definition) is 4. The van der Waals surface area contributed by atoms with Crippen LogP contribution in [-0.4, -0.2) is 45.5 Å². The summed E-state index contributed by atoms with van der Waals surface area (Å²) in [5.74, 6) is 0. The molecule has 1 saturated carbocycles. The zero-order chi connectivity index (χ0) is 15.5. The average molecular weight is 312 g/mol.